The third-order valence-electron chi connectivity index (χ3n) is 3.66. The summed E-state index contributed by atoms with van der Waals surface area (Å²) >= 11 is 0. The highest BCUT2D eigenvalue weighted by atomic mass is 16.4. The van der Waals surface area contributed by atoms with E-state index >= 15 is 0 Å². The maximum absolute atomic E-state index is 12.1. The minimum atomic E-state index is -0.250. The highest BCUT2D eigenvalue weighted by molar-refractivity contribution is 5.90. The molecule has 21 heavy (non-hydrogen) atoms. The Bertz CT molecular complexity index is 532. The lowest BCUT2D eigenvalue weighted by Gasteiger charge is -2.31. The molecule has 114 valence electrons. The van der Waals surface area contributed by atoms with E-state index < -0.39 is 0 Å². The number of nitrogens with zero attached hydrogens (tertiary/aromatic N) is 4. The number of piperidine rings is 1. The predicted molar refractivity (Wildman–Crippen MR) is 75.4 cm³/mol. The first-order valence-corrected chi connectivity index (χ1v) is 6.96. The molecular weight excluding hydrogens is 272 g/mol. The van der Waals surface area contributed by atoms with Gasteiger partial charge in [0.05, 0.1) is 6.54 Å². The molecular formula is C14H20N4O3. The quantitative estimate of drug-likeness (QED) is 0.764. The van der Waals surface area contributed by atoms with Gasteiger partial charge in [-0.2, -0.15) is 0 Å². The maximum Gasteiger partial charge on any atom is 0.246 e. The Morgan fingerprint density at radius 3 is 2.62 bits per heavy atom. The Morgan fingerprint density at radius 1 is 1.43 bits per heavy atom. The van der Waals surface area contributed by atoms with Crippen molar-refractivity contribution in [1.82, 2.24) is 20.0 Å². The van der Waals surface area contributed by atoms with E-state index in [0.29, 0.717) is 24.9 Å². The molecule has 0 radical (unpaired) electrons. The zero-order valence-electron chi connectivity index (χ0n) is 12.4. The Kier molecular flexibility index (Phi) is 4.72. The average Bonchev–Trinajstić information content (AvgIpc) is 2.93. The molecule has 7 nitrogen and oxygen atoms in total. The molecule has 0 atom stereocenters. The summed E-state index contributed by atoms with van der Waals surface area (Å²) in [7, 11) is 1.59. The summed E-state index contributed by atoms with van der Waals surface area (Å²) in [5, 5.41) is 7.87. The van der Waals surface area contributed by atoms with Crippen LogP contribution in [0.3, 0.4) is 0 Å². The highest BCUT2D eigenvalue weighted by Crippen LogP contribution is 2.26. The van der Waals surface area contributed by atoms with Gasteiger partial charge in [0.1, 0.15) is 0 Å². The smallest absolute Gasteiger partial charge is 0.246 e. The third-order valence-corrected chi connectivity index (χ3v) is 3.66. The summed E-state index contributed by atoms with van der Waals surface area (Å²) in [6.45, 7) is 6.53. The zero-order valence-corrected chi connectivity index (χ0v) is 12.4. The molecule has 0 aromatic carbocycles. The number of likely N-dealkylation sites (N-methyl/N-ethyl adjacent to an activating group) is 1. The van der Waals surface area contributed by atoms with Crippen LogP contribution in [0, 0.1) is 6.92 Å². The number of carbonyl (C=O) groups is 2. The Balaban J connectivity index is 1.84. The molecule has 0 bridgehead atoms. The first-order valence-electron chi connectivity index (χ1n) is 6.96. The van der Waals surface area contributed by atoms with Gasteiger partial charge in [-0.25, -0.2) is 0 Å². The van der Waals surface area contributed by atoms with E-state index in [-0.39, 0.29) is 24.3 Å². The van der Waals surface area contributed by atoms with Crippen LogP contribution in [0.1, 0.15) is 30.5 Å². The van der Waals surface area contributed by atoms with Crippen molar-refractivity contribution >= 4 is 11.8 Å². The molecule has 1 aromatic rings. The van der Waals surface area contributed by atoms with Crippen LogP contribution in [0.15, 0.2) is 17.1 Å². The lowest BCUT2D eigenvalue weighted by atomic mass is 9.97. The summed E-state index contributed by atoms with van der Waals surface area (Å²) in [6, 6.07) is 0. The van der Waals surface area contributed by atoms with Gasteiger partial charge in [-0.1, -0.05) is 6.58 Å². The molecule has 1 fully saturated rings. The van der Waals surface area contributed by atoms with E-state index in [2.05, 4.69) is 16.8 Å². The highest BCUT2D eigenvalue weighted by Gasteiger charge is 2.27. The average molecular weight is 292 g/mol. The van der Waals surface area contributed by atoms with Gasteiger partial charge in [-0.15, -0.1) is 10.2 Å². The van der Waals surface area contributed by atoms with Crippen molar-refractivity contribution < 1.29 is 14.0 Å². The first-order chi connectivity index (χ1) is 10.0. The summed E-state index contributed by atoms with van der Waals surface area (Å²) < 4.78 is 5.44. The molecule has 1 aliphatic heterocycles. The van der Waals surface area contributed by atoms with Gasteiger partial charge in [0, 0.05) is 33.0 Å². The number of carbonyl (C=O) groups excluding carboxylic acids is 2. The number of amides is 2. The molecule has 1 saturated heterocycles. The van der Waals surface area contributed by atoms with Gasteiger partial charge in [0.25, 0.3) is 0 Å². The van der Waals surface area contributed by atoms with Crippen LogP contribution in [0.2, 0.25) is 0 Å². The predicted octanol–water partition coefficient (Wildman–Crippen LogP) is 0.728. The number of rotatable bonds is 4. The molecule has 0 spiro atoms. The van der Waals surface area contributed by atoms with Gasteiger partial charge in [0.2, 0.25) is 23.6 Å². The lowest BCUT2D eigenvalue weighted by Crippen LogP contribution is -2.44. The fourth-order valence-electron chi connectivity index (χ4n) is 2.39. The molecule has 1 aromatic heterocycles. The maximum atomic E-state index is 12.1. The van der Waals surface area contributed by atoms with E-state index in [9.17, 15) is 9.59 Å². The third kappa shape index (κ3) is 3.68. The molecule has 2 heterocycles. The van der Waals surface area contributed by atoms with Gasteiger partial charge >= 0.3 is 0 Å². The zero-order chi connectivity index (χ0) is 15.4. The van der Waals surface area contributed by atoms with Crippen LogP contribution in [0.4, 0.5) is 0 Å². The van der Waals surface area contributed by atoms with Crippen LogP contribution >= 0.6 is 0 Å². The fraction of sp³-hybridized carbons (Fsp3) is 0.571. The molecule has 7 heteroatoms. The van der Waals surface area contributed by atoms with Crippen LogP contribution in [0.5, 0.6) is 0 Å². The molecule has 2 amide bonds. The fourth-order valence-corrected chi connectivity index (χ4v) is 2.39. The van der Waals surface area contributed by atoms with Crippen LogP contribution in [-0.4, -0.2) is 58.5 Å². The minimum absolute atomic E-state index is 0.0483. The van der Waals surface area contributed by atoms with Gasteiger partial charge < -0.3 is 14.2 Å². The van der Waals surface area contributed by atoms with Crippen molar-refractivity contribution in [1.29, 1.82) is 0 Å². The largest absolute Gasteiger partial charge is 0.425 e. The van der Waals surface area contributed by atoms with Crippen molar-refractivity contribution in [2.75, 3.05) is 26.7 Å². The second-order valence-corrected chi connectivity index (χ2v) is 5.21. The Labute approximate surface area is 123 Å². The SMILES string of the molecule is C=CC(=O)N(C)CC(=O)N1CCC(c2nnc(C)o2)CC1. The normalized spacial score (nSPS) is 15.8. The van der Waals surface area contributed by atoms with E-state index in [1.54, 1.807) is 18.9 Å². The van der Waals surface area contributed by atoms with Crippen LogP contribution in [0.25, 0.3) is 0 Å². The van der Waals surface area contributed by atoms with Crippen molar-refractivity contribution in [2.45, 2.75) is 25.7 Å². The standard InChI is InChI=1S/C14H20N4O3/c1-4-12(19)17(3)9-13(20)18-7-5-11(6-8-18)14-16-15-10(2)21-14/h4,11H,1,5-9H2,2-3H3. The first kappa shape index (κ1) is 15.2. The van der Waals surface area contributed by atoms with Crippen LogP contribution in [-0.2, 0) is 9.59 Å². The van der Waals surface area contributed by atoms with Gasteiger partial charge in [-0.05, 0) is 18.9 Å². The number of hydrogen-bond donors (Lipinski definition) is 0. The number of likely N-dealkylation sites (tertiary alicyclic amines) is 1. The molecule has 2 rings (SSSR count). The molecule has 0 unspecified atom stereocenters. The van der Waals surface area contributed by atoms with E-state index in [0.717, 1.165) is 12.8 Å². The summed E-state index contributed by atoms with van der Waals surface area (Å²) in [4.78, 5) is 26.6. The van der Waals surface area contributed by atoms with Gasteiger partial charge in [0.15, 0.2) is 0 Å². The van der Waals surface area contributed by atoms with Crippen molar-refractivity contribution in [3.63, 3.8) is 0 Å². The molecule has 0 N–H and O–H groups in total. The van der Waals surface area contributed by atoms with Crippen molar-refractivity contribution in [3.8, 4) is 0 Å². The lowest BCUT2D eigenvalue weighted by molar-refractivity contribution is -0.138. The van der Waals surface area contributed by atoms with E-state index in [1.165, 1.54) is 11.0 Å². The molecule has 0 aliphatic carbocycles. The summed E-state index contributed by atoms with van der Waals surface area (Å²) in [5.41, 5.74) is 0. The Morgan fingerprint density at radius 2 is 2.10 bits per heavy atom. The van der Waals surface area contributed by atoms with E-state index in [1.807, 2.05) is 0 Å². The second-order valence-electron chi connectivity index (χ2n) is 5.21. The van der Waals surface area contributed by atoms with Crippen molar-refractivity contribution in [2.24, 2.45) is 0 Å². The van der Waals surface area contributed by atoms with E-state index in [4.69, 9.17) is 4.42 Å². The van der Waals surface area contributed by atoms with Crippen LogP contribution < -0.4 is 0 Å². The minimum Gasteiger partial charge on any atom is -0.425 e. The molecule has 0 saturated carbocycles. The second kappa shape index (κ2) is 6.51. The summed E-state index contributed by atoms with van der Waals surface area (Å²) in [6.07, 6.45) is 2.80. The number of hydrogen-bond acceptors (Lipinski definition) is 5. The monoisotopic (exact) mass is 292 g/mol. The van der Waals surface area contributed by atoms with Gasteiger partial charge in [-0.3, -0.25) is 9.59 Å². The number of aromatic nitrogens is 2. The topological polar surface area (TPSA) is 79.5 Å². The van der Waals surface area contributed by atoms with Crippen molar-refractivity contribution in [3.05, 3.63) is 24.4 Å². The number of aryl methyl sites for hydroxylation is 1. The molecule has 1 aliphatic rings. The Hall–Kier alpha value is -2.18. The summed E-state index contributed by atoms with van der Waals surface area (Å²) in [5.74, 6) is 1.13.